The Balaban J connectivity index is 2.30. The maximum atomic E-state index is 12.8. The van der Waals surface area contributed by atoms with Gasteiger partial charge in [-0.3, -0.25) is 4.79 Å². The van der Waals surface area contributed by atoms with Crippen molar-refractivity contribution >= 4 is 5.91 Å². The fourth-order valence-electron chi connectivity index (χ4n) is 5.33. The van der Waals surface area contributed by atoms with Crippen molar-refractivity contribution in [1.29, 1.82) is 0 Å². The maximum absolute atomic E-state index is 12.8. The van der Waals surface area contributed by atoms with Gasteiger partial charge in [-0.1, -0.05) is 125 Å². The molecule has 0 spiro atoms. The first-order valence-corrected chi connectivity index (χ1v) is 19.3. The van der Waals surface area contributed by atoms with Crippen molar-refractivity contribution in [3.05, 3.63) is 85.1 Å². The molecule has 1 fully saturated rings. The Bertz CT molecular complexity index is 1060. The summed E-state index contributed by atoms with van der Waals surface area (Å²) in [6.45, 7) is 3.48. The summed E-state index contributed by atoms with van der Waals surface area (Å²) in [5, 5.41) is 53.5. The van der Waals surface area contributed by atoms with Gasteiger partial charge >= 0.3 is 0 Å². The number of allylic oxidation sites excluding steroid dienone is 13. The Hall–Kier alpha value is -2.63. The predicted molar refractivity (Wildman–Crippen MR) is 207 cm³/mol. The smallest absolute Gasteiger partial charge is 0.220 e. The summed E-state index contributed by atoms with van der Waals surface area (Å²) in [4.78, 5) is 12.8. The molecule has 7 unspecified atom stereocenters. The second kappa shape index (κ2) is 32.1. The molecule has 0 bridgehead atoms. The summed E-state index contributed by atoms with van der Waals surface area (Å²) in [6.07, 6.45) is 36.7. The number of amides is 1. The van der Waals surface area contributed by atoms with Gasteiger partial charge in [-0.05, 0) is 70.6 Å². The Kier molecular flexibility index (Phi) is 29.2. The highest BCUT2D eigenvalue weighted by atomic mass is 16.7. The van der Waals surface area contributed by atoms with Gasteiger partial charge in [0.2, 0.25) is 5.91 Å². The van der Waals surface area contributed by atoms with E-state index in [0.29, 0.717) is 6.42 Å². The number of aliphatic hydroxyl groups is 5. The van der Waals surface area contributed by atoms with Crippen LogP contribution in [0.2, 0.25) is 0 Å². The molecule has 6 N–H and O–H groups in total. The number of unbranched alkanes of at least 4 members (excludes halogenated alkanes) is 7. The zero-order valence-electron chi connectivity index (χ0n) is 31.3. The third-order valence-electron chi connectivity index (χ3n) is 8.48. The lowest BCUT2D eigenvalue weighted by molar-refractivity contribution is -0.302. The summed E-state index contributed by atoms with van der Waals surface area (Å²) in [5.41, 5.74) is 0. The van der Waals surface area contributed by atoms with E-state index < -0.39 is 49.5 Å². The van der Waals surface area contributed by atoms with E-state index >= 15 is 0 Å². The molecule has 1 rings (SSSR count). The average molecular weight is 716 g/mol. The number of nitrogens with one attached hydrogen (secondary N) is 1. The van der Waals surface area contributed by atoms with Crippen LogP contribution in [0.4, 0.5) is 0 Å². The SMILES string of the molecule is CC/C=C\C/C=C\C/C=C\C/C=C\C/C=C\C/C=C\CCCCCCC(=O)NC(COC1OC(CO)C(O)C(O)C1O)C(O)/C=C/CCCCC. The summed E-state index contributed by atoms with van der Waals surface area (Å²) in [7, 11) is 0. The fourth-order valence-corrected chi connectivity index (χ4v) is 5.33. The van der Waals surface area contributed by atoms with Crippen molar-refractivity contribution in [1.82, 2.24) is 5.32 Å². The molecule has 0 radical (unpaired) electrons. The fraction of sp³-hybridized carbons (Fsp3) is 0.643. The molecule has 1 saturated heterocycles. The second-order valence-electron chi connectivity index (χ2n) is 13.0. The van der Waals surface area contributed by atoms with Crippen LogP contribution in [0.25, 0.3) is 0 Å². The van der Waals surface area contributed by atoms with E-state index in [0.717, 1.165) is 96.3 Å². The van der Waals surface area contributed by atoms with Gasteiger partial charge in [-0.25, -0.2) is 0 Å². The third-order valence-corrected chi connectivity index (χ3v) is 8.48. The van der Waals surface area contributed by atoms with Crippen LogP contribution in [0.5, 0.6) is 0 Å². The van der Waals surface area contributed by atoms with Crippen LogP contribution in [-0.4, -0.2) is 87.5 Å². The summed E-state index contributed by atoms with van der Waals surface area (Å²) in [6, 6.07) is -0.819. The van der Waals surface area contributed by atoms with Crippen molar-refractivity contribution in [2.75, 3.05) is 13.2 Å². The van der Waals surface area contributed by atoms with Crippen LogP contribution >= 0.6 is 0 Å². The van der Waals surface area contributed by atoms with E-state index in [1.165, 1.54) is 0 Å². The molecule has 1 aliphatic rings. The molecule has 290 valence electrons. The van der Waals surface area contributed by atoms with Gasteiger partial charge in [0.25, 0.3) is 0 Å². The minimum absolute atomic E-state index is 0.207. The predicted octanol–water partition coefficient (Wildman–Crippen LogP) is 6.82. The summed E-state index contributed by atoms with van der Waals surface area (Å²) in [5.74, 6) is -0.215. The van der Waals surface area contributed by atoms with E-state index in [1.54, 1.807) is 6.08 Å². The number of hydrogen-bond acceptors (Lipinski definition) is 8. The minimum atomic E-state index is -1.57. The topological polar surface area (TPSA) is 149 Å². The molecule has 7 atom stereocenters. The minimum Gasteiger partial charge on any atom is -0.394 e. The molecule has 1 aliphatic heterocycles. The van der Waals surface area contributed by atoms with E-state index in [4.69, 9.17) is 9.47 Å². The van der Waals surface area contributed by atoms with Crippen LogP contribution in [0, 0.1) is 0 Å². The maximum Gasteiger partial charge on any atom is 0.220 e. The lowest BCUT2D eigenvalue weighted by atomic mass is 9.99. The Morgan fingerprint density at radius 2 is 1.22 bits per heavy atom. The van der Waals surface area contributed by atoms with E-state index in [-0.39, 0.29) is 12.5 Å². The van der Waals surface area contributed by atoms with Crippen molar-refractivity contribution in [2.24, 2.45) is 0 Å². The highest BCUT2D eigenvalue weighted by Gasteiger charge is 2.44. The Morgan fingerprint density at radius 3 is 1.78 bits per heavy atom. The quantitative estimate of drug-likeness (QED) is 0.0365. The number of hydrogen-bond donors (Lipinski definition) is 6. The molecule has 0 aromatic carbocycles. The summed E-state index contributed by atoms with van der Waals surface area (Å²) < 4.78 is 11.1. The van der Waals surface area contributed by atoms with E-state index in [1.807, 2.05) is 6.08 Å². The Morgan fingerprint density at radius 1 is 0.686 bits per heavy atom. The number of rotatable bonds is 29. The van der Waals surface area contributed by atoms with Gasteiger partial charge in [-0.15, -0.1) is 0 Å². The van der Waals surface area contributed by atoms with E-state index in [2.05, 4.69) is 92.1 Å². The first-order valence-electron chi connectivity index (χ1n) is 19.3. The zero-order chi connectivity index (χ0) is 37.4. The molecule has 1 heterocycles. The van der Waals surface area contributed by atoms with Crippen molar-refractivity contribution < 1.29 is 39.8 Å². The van der Waals surface area contributed by atoms with Crippen LogP contribution in [0.3, 0.4) is 0 Å². The molecule has 9 heteroatoms. The number of ether oxygens (including phenoxy) is 2. The molecule has 0 aromatic heterocycles. The first kappa shape index (κ1) is 46.4. The van der Waals surface area contributed by atoms with Gasteiger partial charge < -0.3 is 40.3 Å². The molecule has 0 saturated carbocycles. The lowest BCUT2D eigenvalue weighted by Crippen LogP contribution is -2.60. The molecular formula is C42H69NO8. The number of aliphatic hydroxyl groups excluding tert-OH is 5. The number of carbonyl (C=O) groups excluding carboxylic acids is 1. The van der Waals surface area contributed by atoms with Crippen LogP contribution in [-0.2, 0) is 14.3 Å². The summed E-state index contributed by atoms with van der Waals surface area (Å²) >= 11 is 0. The monoisotopic (exact) mass is 716 g/mol. The molecule has 9 nitrogen and oxygen atoms in total. The van der Waals surface area contributed by atoms with E-state index in [9.17, 15) is 30.3 Å². The van der Waals surface area contributed by atoms with Gasteiger partial charge in [0.1, 0.15) is 24.4 Å². The first-order chi connectivity index (χ1) is 24.8. The van der Waals surface area contributed by atoms with Gasteiger partial charge in [0.05, 0.1) is 25.4 Å². The third kappa shape index (κ3) is 23.5. The van der Waals surface area contributed by atoms with Gasteiger partial charge in [0.15, 0.2) is 6.29 Å². The van der Waals surface area contributed by atoms with Crippen LogP contribution in [0.1, 0.15) is 117 Å². The highest BCUT2D eigenvalue weighted by Crippen LogP contribution is 2.22. The Labute approximate surface area is 308 Å². The largest absolute Gasteiger partial charge is 0.394 e. The normalized spacial score (nSPS) is 23.0. The highest BCUT2D eigenvalue weighted by molar-refractivity contribution is 5.76. The van der Waals surface area contributed by atoms with Crippen molar-refractivity contribution in [3.63, 3.8) is 0 Å². The standard InChI is InChI=1S/C42H69NO8/c1-3-5-7-9-10-11-12-13-14-15-16-17-18-19-20-21-22-23-24-25-26-28-30-32-38(46)43-35(36(45)31-29-27-8-6-4-2)34-50-42-41(49)40(48)39(47)37(33-44)51-42/h5,7,10-11,13-14,16-17,19-20,22-23,29,31,35-37,39-42,44-45,47-49H,3-4,6,8-9,12,15,18,21,24-28,30,32-34H2,1-2H3,(H,43,46)/b7-5-,11-10-,14-13-,17-16-,20-19-,23-22-,31-29+. The van der Waals surface area contributed by atoms with Crippen molar-refractivity contribution in [2.45, 2.75) is 159 Å². The molecule has 0 aromatic rings. The zero-order valence-corrected chi connectivity index (χ0v) is 31.3. The van der Waals surface area contributed by atoms with Gasteiger partial charge in [-0.2, -0.15) is 0 Å². The van der Waals surface area contributed by atoms with Crippen molar-refractivity contribution in [3.8, 4) is 0 Å². The average Bonchev–Trinajstić information content (AvgIpc) is 3.13. The molecular weight excluding hydrogens is 646 g/mol. The van der Waals surface area contributed by atoms with Crippen LogP contribution in [0.15, 0.2) is 85.1 Å². The molecule has 1 amide bonds. The molecule has 51 heavy (non-hydrogen) atoms. The van der Waals surface area contributed by atoms with Crippen LogP contribution < -0.4 is 5.32 Å². The molecule has 0 aliphatic carbocycles. The lowest BCUT2D eigenvalue weighted by Gasteiger charge is -2.40. The number of carbonyl (C=O) groups is 1. The van der Waals surface area contributed by atoms with Gasteiger partial charge in [0, 0.05) is 6.42 Å². The second-order valence-corrected chi connectivity index (χ2v) is 13.0.